The molecule has 0 spiro atoms. The zero-order valence-electron chi connectivity index (χ0n) is 8.93. The minimum Gasteiger partial charge on any atom is -0.384 e. The van der Waals surface area contributed by atoms with Crippen LogP contribution in [0.15, 0.2) is 29.5 Å². The molecule has 0 bridgehead atoms. The maximum Gasteiger partial charge on any atom is 0.0631 e. The van der Waals surface area contributed by atoms with Crippen molar-refractivity contribution in [3.63, 3.8) is 0 Å². The van der Waals surface area contributed by atoms with E-state index in [2.05, 4.69) is 23.0 Å². The summed E-state index contributed by atoms with van der Waals surface area (Å²) in [6, 6.07) is 0. The molecule has 1 heterocycles. The minimum absolute atomic E-state index is 1.07. The Morgan fingerprint density at radius 1 is 1.46 bits per heavy atom. The Kier molecular flexibility index (Phi) is 6.98. The fraction of sp³-hybridized carbons (Fsp3) is 0.545. The van der Waals surface area contributed by atoms with Gasteiger partial charge in [0.05, 0.1) is 11.4 Å². The summed E-state index contributed by atoms with van der Waals surface area (Å²) in [7, 11) is 0. The van der Waals surface area contributed by atoms with E-state index in [4.69, 9.17) is 0 Å². The van der Waals surface area contributed by atoms with Crippen molar-refractivity contribution in [2.45, 2.75) is 33.6 Å². The van der Waals surface area contributed by atoms with Gasteiger partial charge in [-0.1, -0.05) is 26.5 Å². The van der Waals surface area contributed by atoms with E-state index in [1.54, 1.807) is 6.20 Å². The van der Waals surface area contributed by atoms with Crippen molar-refractivity contribution < 1.29 is 0 Å². The molecule has 1 rings (SSSR count). The van der Waals surface area contributed by atoms with Crippen LogP contribution >= 0.6 is 0 Å². The molecule has 0 aliphatic carbocycles. The van der Waals surface area contributed by atoms with Gasteiger partial charge in [-0.25, -0.2) is 0 Å². The van der Waals surface area contributed by atoms with E-state index in [0.717, 1.165) is 24.4 Å². The van der Waals surface area contributed by atoms with Gasteiger partial charge in [-0.05, 0) is 19.8 Å². The highest BCUT2D eigenvalue weighted by molar-refractivity contribution is 6.00. The third kappa shape index (κ3) is 3.92. The standard InChI is InChI=1S/C9H14N2.C2H6/c1-3-8-9(10-4-2)6-5-7-11-8;1-2/h3-4,11H,2,5-7H2,1H3;1-2H3/b8-3+,10-9?;. The van der Waals surface area contributed by atoms with Gasteiger partial charge in [0, 0.05) is 12.7 Å². The molecule has 0 amide bonds. The summed E-state index contributed by atoms with van der Waals surface area (Å²) in [4.78, 5) is 4.19. The highest BCUT2D eigenvalue weighted by atomic mass is 14.9. The van der Waals surface area contributed by atoms with Gasteiger partial charge < -0.3 is 5.32 Å². The van der Waals surface area contributed by atoms with Crippen LogP contribution in [0.1, 0.15) is 33.6 Å². The minimum atomic E-state index is 1.07. The Hall–Kier alpha value is -1.05. The molecule has 1 fully saturated rings. The van der Waals surface area contributed by atoms with Gasteiger partial charge in [-0.15, -0.1) is 0 Å². The number of allylic oxidation sites excluding steroid dienone is 2. The molecule has 2 heteroatoms. The first kappa shape index (κ1) is 11.9. The Morgan fingerprint density at radius 3 is 2.69 bits per heavy atom. The van der Waals surface area contributed by atoms with Gasteiger partial charge in [0.2, 0.25) is 0 Å². The van der Waals surface area contributed by atoms with Crippen LogP contribution in [0.2, 0.25) is 0 Å². The second-order valence-electron chi connectivity index (χ2n) is 2.49. The lowest BCUT2D eigenvalue weighted by atomic mass is 10.1. The third-order valence-electron chi connectivity index (χ3n) is 1.75. The van der Waals surface area contributed by atoms with E-state index >= 15 is 0 Å². The summed E-state index contributed by atoms with van der Waals surface area (Å²) in [5.74, 6) is 0. The van der Waals surface area contributed by atoms with E-state index in [1.165, 1.54) is 6.42 Å². The zero-order valence-corrected chi connectivity index (χ0v) is 8.93. The molecule has 0 atom stereocenters. The Bertz CT molecular complexity index is 202. The Labute approximate surface area is 81.5 Å². The molecule has 2 nitrogen and oxygen atoms in total. The topological polar surface area (TPSA) is 24.4 Å². The lowest BCUT2D eigenvalue weighted by molar-refractivity contribution is 0.723. The van der Waals surface area contributed by atoms with Crippen molar-refractivity contribution in [1.82, 2.24) is 5.32 Å². The van der Waals surface area contributed by atoms with Crippen molar-refractivity contribution in [3.8, 4) is 0 Å². The molecule has 13 heavy (non-hydrogen) atoms. The van der Waals surface area contributed by atoms with E-state index in [0.29, 0.717) is 0 Å². The maximum absolute atomic E-state index is 4.19. The summed E-state index contributed by atoms with van der Waals surface area (Å²) in [5, 5.41) is 3.29. The van der Waals surface area contributed by atoms with Crippen molar-refractivity contribution in [1.29, 1.82) is 0 Å². The van der Waals surface area contributed by atoms with Crippen LogP contribution in [-0.2, 0) is 0 Å². The molecule has 1 saturated heterocycles. The second kappa shape index (κ2) is 7.59. The molecule has 0 unspecified atom stereocenters. The Morgan fingerprint density at radius 2 is 2.15 bits per heavy atom. The normalized spacial score (nSPS) is 21.8. The van der Waals surface area contributed by atoms with Crippen LogP contribution in [0.3, 0.4) is 0 Å². The summed E-state index contributed by atoms with van der Waals surface area (Å²) >= 11 is 0. The quantitative estimate of drug-likeness (QED) is 0.659. The molecule has 0 aromatic heterocycles. The first-order valence-electron chi connectivity index (χ1n) is 4.96. The number of aliphatic imine (C=N–C) groups is 1. The monoisotopic (exact) mass is 180 g/mol. The lowest BCUT2D eigenvalue weighted by Gasteiger charge is -2.18. The van der Waals surface area contributed by atoms with Gasteiger partial charge in [0.1, 0.15) is 0 Å². The van der Waals surface area contributed by atoms with Crippen LogP contribution in [0.5, 0.6) is 0 Å². The van der Waals surface area contributed by atoms with Crippen LogP contribution < -0.4 is 5.32 Å². The summed E-state index contributed by atoms with van der Waals surface area (Å²) in [6.07, 6.45) is 5.90. The highest BCUT2D eigenvalue weighted by Crippen LogP contribution is 2.08. The summed E-state index contributed by atoms with van der Waals surface area (Å²) in [5.41, 5.74) is 2.30. The third-order valence-corrected chi connectivity index (χ3v) is 1.75. The van der Waals surface area contributed by atoms with Crippen LogP contribution in [-0.4, -0.2) is 12.3 Å². The van der Waals surface area contributed by atoms with E-state index in [-0.39, 0.29) is 0 Å². The predicted octanol–water partition coefficient (Wildman–Crippen LogP) is 2.88. The zero-order chi connectivity index (χ0) is 10.1. The maximum atomic E-state index is 4.19. The SMILES string of the molecule is C=CN=C1CCCN/C1=C/C.CC. The number of piperidine rings is 1. The van der Waals surface area contributed by atoms with Gasteiger partial charge in [0.25, 0.3) is 0 Å². The lowest BCUT2D eigenvalue weighted by Crippen LogP contribution is -2.27. The van der Waals surface area contributed by atoms with E-state index in [9.17, 15) is 0 Å². The molecule has 1 aliphatic heterocycles. The number of hydrogen-bond acceptors (Lipinski definition) is 2. The van der Waals surface area contributed by atoms with Crippen molar-refractivity contribution >= 4 is 5.71 Å². The molecule has 0 radical (unpaired) electrons. The molecule has 1 aliphatic rings. The average Bonchev–Trinajstić information content (AvgIpc) is 2.22. The smallest absolute Gasteiger partial charge is 0.0631 e. The van der Waals surface area contributed by atoms with Gasteiger partial charge in [-0.3, -0.25) is 4.99 Å². The second-order valence-corrected chi connectivity index (χ2v) is 2.49. The fourth-order valence-electron chi connectivity index (χ4n) is 1.23. The Balaban J connectivity index is 0.000000671. The molecular weight excluding hydrogens is 160 g/mol. The van der Waals surface area contributed by atoms with Gasteiger partial charge in [0.15, 0.2) is 0 Å². The summed E-state index contributed by atoms with van der Waals surface area (Å²) in [6.45, 7) is 10.7. The number of nitrogens with zero attached hydrogens (tertiary/aromatic N) is 1. The molecule has 0 aromatic rings. The number of hydrogen-bond donors (Lipinski definition) is 1. The first-order valence-corrected chi connectivity index (χ1v) is 4.96. The van der Waals surface area contributed by atoms with Gasteiger partial charge in [-0.2, -0.15) is 0 Å². The van der Waals surface area contributed by atoms with Crippen LogP contribution in [0.4, 0.5) is 0 Å². The van der Waals surface area contributed by atoms with Crippen molar-refractivity contribution in [2.75, 3.05) is 6.54 Å². The molecule has 0 aromatic carbocycles. The molecular formula is C11H20N2. The average molecular weight is 180 g/mol. The van der Waals surface area contributed by atoms with Crippen molar-refractivity contribution in [3.05, 3.63) is 24.6 Å². The fourth-order valence-corrected chi connectivity index (χ4v) is 1.23. The van der Waals surface area contributed by atoms with Crippen LogP contribution in [0, 0.1) is 0 Å². The highest BCUT2D eigenvalue weighted by Gasteiger charge is 2.09. The van der Waals surface area contributed by atoms with Crippen molar-refractivity contribution in [2.24, 2.45) is 4.99 Å². The number of nitrogens with one attached hydrogen (secondary N) is 1. The van der Waals surface area contributed by atoms with E-state index < -0.39 is 0 Å². The van der Waals surface area contributed by atoms with Gasteiger partial charge >= 0.3 is 0 Å². The predicted molar refractivity (Wildman–Crippen MR) is 60.0 cm³/mol. The largest absolute Gasteiger partial charge is 0.384 e. The molecule has 0 saturated carbocycles. The van der Waals surface area contributed by atoms with E-state index in [1.807, 2.05) is 20.8 Å². The first-order chi connectivity index (χ1) is 6.38. The molecule has 1 N–H and O–H groups in total. The number of rotatable bonds is 1. The molecule has 74 valence electrons. The van der Waals surface area contributed by atoms with Crippen LogP contribution in [0.25, 0.3) is 0 Å². The summed E-state index contributed by atoms with van der Waals surface area (Å²) < 4.78 is 0.